The van der Waals surface area contributed by atoms with Gasteiger partial charge in [-0.15, -0.1) is 13.2 Å². The summed E-state index contributed by atoms with van der Waals surface area (Å²) in [5.74, 6) is -1.80. The van der Waals surface area contributed by atoms with Crippen LogP contribution >= 0.6 is 11.6 Å². The lowest BCUT2D eigenvalue weighted by Crippen LogP contribution is -2.20. The number of alkyl halides is 3. The molecule has 0 radical (unpaired) electrons. The van der Waals surface area contributed by atoms with Crippen molar-refractivity contribution in [1.29, 1.82) is 0 Å². The van der Waals surface area contributed by atoms with E-state index in [1.807, 2.05) is 0 Å². The number of nitrogens with zero attached hydrogens (tertiary/aromatic N) is 1. The van der Waals surface area contributed by atoms with Gasteiger partial charge in [-0.25, -0.2) is 9.78 Å². The molecule has 1 rings (SSSR count). The largest absolute Gasteiger partial charge is 0.573 e. The van der Waals surface area contributed by atoms with Gasteiger partial charge in [0, 0.05) is 12.3 Å². The maximum atomic E-state index is 12.1. The zero-order valence-electron chi connectivity index (χ0n) is 8.55. The second-order valence-electron chi connectivity index (χ2n) is 2.77. The highest BCUT2D eigenvalue weighted by atomic mass is 35.5. The van der Waals surface area contributed by atoms with Crippen LogP contribution in [0.1, 0.15) is 17.4 Å². The van der Waals surface area contributed by atoms with Gasteiger partial charge in [-0.3, -0.25) is 0 Å². The first-order chi connectivity index (χ1) is 7.83. The maximum Gasteiger partial charge on any atom is 0.573 e. The Morgan fingerprint density at radius 2 is 2.18 bits per heavy atom. The maximum absolute atomic E-state index is 12.1. The highest BCUT2D eigenvalue weighted by Crippen LogP contribution is 2.28. The molecule has 4 nitrogen and oxygen atoms in total. The Morgan fingerprint density at radius 3 is 2.71 bits per heavy atom. The van der Waals surface area contributed by atoms with Crippen LogP contribution in [-0.4, -0.2) is 23.9 Å². The Morgan fingerprint density at radius 1 is 1.53 bits per heavy atom. The molecule has 94 valence electrons. The Kier molecular flexibility index (Phi) is 4.17. The minimum absolute atomic E-state index is 0.00853. The van der Waals surface area contributed by atoms with Crippen LogP contribution in [0.25, 0.3) is 0 Å². The molecule has 1 aromatic rings. The lowest BCUT2D eigenvalue weighted by atomic mass is 10.3. The summed E-state index contributed by atoms with van der Waals surface area (Å²) in [6.45, 7) is 1.52. The highest BCUT2D eigenvalue weighted by molar-refractivity contribution is 6.30. The van der Waals surface area contributed by atoms with Gasteiger partial charge in [-0.2, -0.15) is 0 Å². The van der Waals surface area contributed by atoms with E-state index in [2.05, 4.69) is 14.5 Å². The second kappa shape index (κ2) is 5.22. The van der Waals surface area contributed by atoms with E-state index < -0.39 is 23.8 Å². The lowest BCUT2D eigenvalue weighted by Gasteiger charge is -2.11. The molecule has 0 saturated heterocycles. The Hall–Kier alpha value is -1.50. The fourth-order valence-corrected chi connectivity index (χ4v) is 1.12. The summed E-state index contributed by atoms with van der Waals surface area (Å²) in [7, 11) is 0. The van der Waals surface area contributed by atoms with Crippen molar-refractivity contribution in [3.63, 3.8) is 0 Å². The molecular weight excluding hydrogens is 263 g/mol. The zero-order valence-corrected chi connectivity index (χ0v) is 9.30. The summed E-state index contributed by atoms with van der Waals surface area (Å²) in [4.78, 5) is 14.7. The number of halogens is 4. The molecule has 0 aliphatic rings. The second-order valence-corrected chi connectivity index (χ2v) is 3.20. The van der Waals surface area contributed by atoms with Crippen LogP contribution in [0.4, 0.5) is 13.2 Å². The number of rotatable bonds is 3. The predicted octanol–water partition coefficient (Wildman–Crippen LogP) is 2.81. The predicted molar refractivity (Wildman–Crippen MR) is 51.9 cm³/mol. The number of ether oxygens (including phenoxy) is 2. The van der Waals surface area contributed by atoms with Crippen molar-refractivity contribution < 1.29 is 27.4 Å². The van der Waals surface area contributed by atoms with Gasteiger partial charge in [0.1, 0.15) is 0 Å². The molecule has 0 aliphatic carbocycles. The number of carbonyl (C=O) groups is 1. The van der Waals surface area contributed by atoms with E-state index in [0.717, 1.165) is 12.3 Å². The quantitative estimate of drug-likeness (QED) is 0.792. The molecule has 17 heavy (non-hydrogen) atoms. The number of pyridine rings is 1. The molecule has 0 spiro atoms. The van der Waals surface area contributed by atoms with Crippen LogP contribution in [0.15, 0.2) is 12.3 Å². The van der Waals surface area contributed by atoms with Crippen molar-refractivity contribution in [2.45, 2.75) is 13.3 Å². The van der Waals surface area contributed by atoms with Gasteiger partial charge in [0.05, 0.1) is 11.6 Å². The monoisotopic (exact) mass is 269 g/mol. The Labute approximate surface area is 99.3 Å². The summed E-state index contributed by atoms with van der Waals surface area (Å²) in [5.41, 5.74) is -0.575. The average Bonchev–Trinajstić information content (AvgIpc) is 2.15. The van der Waals surface area contributed by atoms with Gasteiger partial charge in [-0.1, -0.05) is 11.6 Å². The third-order valence-electron chi connectivity index (χ3n) is 1.51. The van der Waals surface area contributed by atoms with Gasteiger partial charge in [0.2, 0.25) is 0 Å². The van der Waals surface area contributed by atoms with Crippen LogP contribution in [0.3, 0.4) is 0 Å². The first-order valence-electron chi connectivity index (χ1n) is 4.42. The third kappa shape index (κ3) is 4.10. The molecule has 1 heterocycles. The molecule has 0 unspecified atom stereocenters. The Bertz CT molecular complexity index is 422. The molecule has 0 fully saturated rings. The van der Waals surface area contributed by atoms with Crippen LogP contribution in [0.2, 0.25) is 5.02 Å². The van der Waals surface area contributed by atoms with E-state index >= 15 is 0 Å². The van der Waals surface area contributed by atoms with Gasteiger partial charge >= 0.3 is 12.3 Å². The van der Waals surface area contributed by atoms with Gasteiger partial charge < -0.3 is 9.47 Å². The fraction of sp³-hybridized carbons (Fsp3) is 0.333. The molecule has 0 amide bonds. The van der Waals surface area contributed by atoms with Gasteiger partial charge in [0.15, 0.2) is 11.4 Å². The number of hydrogen-bond acceptors (Lipinski definition) is 4. The molecule has 0 aromatic carbocycles. The van der Waals surface area contributed by atoms with E-state index in [0.29, 0.717) is 0 Å². The van der Waals surface area contributed by atoms with E-state index in [1.165, 1.54) is 6.92 Å². The summed E-state index contributed by atoms with van der Waals surface area (Å²) in [5, 5.41) is -0.0858. The number of esters is 1. The number of hydrogen-bond donors (Lipinski definition) is 0. The first-order valence-corrected chi connectivity index (χ1v) is 4.79. The van der Waals surface area contributed by atoms with Crippen molar-refractivity contribution >= 4 is 17.6 Å². The Balaban J connectivity index is 3.08. The number of aromatic nitrogens is 1. The number of carbonyl (C=O) groups excluding carboxylic acids is 1. The molecule has 0 aliphatic heterocycles. The minimum atomic E-state index is -4.94. The standard InChI is InChI=1S/C9H7ClF3NO3/c1-2-16-8(15)7-6(17-9(11,12)13)3-5(10)4-14-7/h3-4H,2H2,1H3. The molecule has 1 aromatic heterocycles. The summed E-state index contributed by atoms with van der Waals surface area (Å²) in [6.07, 6.45) is -3.91. The zero-order chi connectivity index (χ0) is 13.1. The summed E-state index contributed by atoms with van der Waals surface area (Å²) in [6, 6.07) is 0.842. The van der Waals surface area contributed by atoms with Gasteiger partial charge in [-0.05, 0) is 6.92 Å². The molecule has 0 saturated carbocycles. The lowest BCUT2D eigenvalue weighted by molar-refractivity contribution is -0.274. The SMILES string of the molecule is CCOC(=O)c1ncc(Cl)cc1OC(F)(F)F. The van der Waals surface area contributed by atoms with Crippen molar-refractivity contribution in [3.8, 4) is 5.75 Å². The van der Waals surface area contributed by atoms with E-state index in [9.17, 15) is 18.0 Å². The van der Waals surface area contributed by atoms with Gasteiger partial charge in [0.25, 0.3) is 0 Å². The average molecular weight is 270 g/mol. The van der Waals surface area contributed by atoms with E-state index in [-0.39, 0.29) is 11.6 Å². The van der Waals surface area contributed by atoms with E-state index in [4.69, 9.17) is 11.6 Å². The van der Waals surface area contributed by atoms with Crippen LogP contribution < -0.4 is 4.74 Å². The molecule has 0 atom stereocenters. The van der Waals surface area contributed by atoms with E-state index in [1.54, 1.807) is 0 Å². The summed E-state index contributed by atoms with van der Waals surface area (Å²) < 4.78 is 44.3. The molecule has 8 heteroatoms. The highest BCUT2D eigenvalue weighted by Gasteiger charge is 2.33. The smallest absolute Gasteiger partial charge is 0.461 e. The van der Waals surface area contributed by atoms with Crippen molar-refractivity contribution in [3.05, 3.63) is 23.0 Å². The fourth-order valence-electron chi connectivity index (χ4n) is 0.976. The molecule has 0 bridgehead atoms. The molecule has 0 N–H and O–H groups in total. The third-order valence-corrected chi connectivity index (χ3v) is 1.72. The normalized spacial score (nSPS) is 11.1. The van der Waals surface area contributed by atoms with Crippen LogP contribution in [0.5, 0.6) is 5.75 Å². The topological polar surface area (TPSA) is 48.4 Å². The minimum Gasteiger partial charge on any atom is -0.461 e. The van der Waals surface area contributed by atoms with Crippen molar-refractivity contribution in [2.24, 2.45) is 0 Å². The van der Waals surface area contributed by atoms with Crippen LogP contribution in [0, 0.1) is 0 Å². The van der Waals surface area contributed by atoms with Crippen molar-refractivity contribution in [1.82, 2.24) is 4.98 Å². The van der Waals surface area contributed by atoms with Crippen molar-refractivity contribution in [2.75, 3.05) is 6.61 Å². The van der Waals surface area contributed by atoms with Crippen LogP contribution in [-0.2, 0) is 4.74 Å². The first kappa shape index (κ1) is 13.6. The molecular formula is C9H7ClF3NO3. The summed E-state index contributed by atoms with van der Waals surface area (Å²) >= 11 is 5.47.